The second-order valence-electron chi connectivity index (χ2n) is 5.91. The molecule has 0 fully saturated rings. The number of allylic oxidation sites excluding steroid dienone is 5. The van der Waals surface area contributed by atoms with Crippen LogP contribution in [0.5, 0.6) is 17.2 Å². The van der Waals surface area contributed by atoms with Crippen LogP contribution in [0.1, 0.15) is 30.6 Å². The van der Waals surface area contributed by atoms with E-state index in [0.717, 1.165) is 17.9 Å². The van der Waals surface area contributed by atoms with E-state index in [9.17, 15) is 4.79 Å². The Bertz CT molecular complexity index is 855. The monoisotopic (exact) mass is 332 g/mol. The Hall–Kier alpha value is -3.07. The molecule has 126 valence electrons. The van der Waals surface area contributed by atoms with Gasteiger partial charge in [0.2, 0.25) is 0 Å². The molecule has 0 amide bonds. The zero-order valence-corrected chi connectivity index (χ0v) is 14.4. The van der Waals surface area contributed by atoms with Crippen molar-refractivity contribution in [2.24, 2.45) is 0 Å². The van der Waals surface area contributed by atoms with E-state index in [-0.39, 0.29) is 5.78 Å². The molecule has 0 aromatic heterocycles. The summed E-state index contributed by atoms with van der Waals surface area (Å²) in [5.41, 5.74) is 1.87. The molecule has 0 saturated carbocycles. The third-order valence-corrected chi connectivity index (χ3v) is 3.78. The predicted octanol–water partition coefficient (Wildman–Crippen LogP) is 5.85. The predicted molar refractivity (Wildman–Crippen MR) is 99.2 cm³/mol. The van der Waals surface area contributed by atoms with Gasteiger partial charge in [0.25, 0.3) is 0 Å². The van der Waals surface area contributed by atoms with Gasteiger partial charge >= 0.3 is 0 Å². The van der Waals surface area contributed by atoms with Crippen molar-refractivity contribution in [3.05, 3.63) is 89.7 Å². The van der Waals surface area contributed by atoms with Gasteiger partial charge in [-0.1, -0.05) is 29.9 Å². The smallest absolute Gasteiger partial charge is 0.159 e. The molecule has 3 heteroatoms. The maximum atomic E-state index is 11.3. The number of benzene rings is 2. The number of ether oxygens (including phenoxy) is 2. The molecule has 0 heterocycles. The van der Waals surface area contributed by atoms with E-state index in [1.807, 2.05) is 36.4 Å². The van der Waals surface area contributed by atoms with Crippen LogP contribution in [0.4, 0.5) is 0 Å². The molecular formula is C22H20O3. The zero-order chi connectivity index (χ0) is 17.6. The lowest BCUT2D eigenvalue weighted by Gasteiger charge is -2.10. The van der Waals surface area contributed by atoms with Crippen LogP contribution in [0.15, 0.2) is 84.2 Å². The highest BCUT2D eigenvalue weighted by molar-refractivity contribution is 5.94. The lowest BCUT2D eigenvalue weighted by molar-refractivity contribution is 0.101. The summed E-state index contributed by atoms with van der Waals surface area (Å²) in [4.78, 5) is 11.3. The van der Waals surface area contributed by atoms with Gasteiger partial charge in [-0.25, -0.2) is 0 Å². The summed E-state index contributed by atoms with van der Waals surface area (Å²) in [6.07, 6.45) is 8.95. The number of hydrogen-bond donors (Lipinski definition) is 0. The molecule has 0 spiro atoms. The molecule has 2 aromatic rings. The van der Waals surface area contributed by atoms with Crippen molar-refractivity contribution in [3.8, 4) is 17.2 Å². The third-order valence-electron chi connectivity index (χ3n) is 3.78. The van der Waals surface area contributed by atoms with Crippen molar-refractivity contribution in [2.75, 3.05) is 0 Å². The number of rotatable bonds is 5. The van der Waals surface area contributed by atoms with E-state index in [4.69, 9.17) is 9.47 Å². The average Bonchev–Trinajstić information content (AvgIpc) is 2.80. The van der Waals surface area contributed by atoms with Gasteiger partial charge in [0.15, 0.2) is 5.78 Å². The fourth-order valence-electron chi connectivity index (χ4n) is 2.43. The number of carbonyl (C=O) groups is 1. The minimum atomic E-state index is 0.0389. The highest BCUT2D eigenvalue weighted by Gasteiger charge is 2.05. The van der Waals surface area contributed by atoms with Crippen LogP contribution in [-0.2, 0) is 0 Å². The molecule has 0 radical (unpaired) electrons. The molecule has 0 N–H and O–H groups in total. The Balaban J connectivity index is 1.71. The van der Waals surface area contributed by atoms with Gasteiger partial charge in [-0.05, 0) is 56.3 Å². The first-order valence-corrected chi connectivity index (χ1v) is 8.21. The number of carbonyl (C=O) groups excluding carboxylic acids is 1. The van der Waals surface area contributed by atoms with Crippen LogP contribution in [0.25, 0.3) is 0 Å². The van der Waals surface area contributed by atoms with Gasteiger partial charge in [0.1, 0.15) is 23.0 Å². The maximum absolute atomic E-state index is 11.3. The molecule has 3 nitrogen and oxygen atoms in total. The summed E-state index contributed by atoms with van der Waals surface area (Å²) in [7, 11) is 0. The first-order valence-electron chi connectivity index (χ1n) is 8.21. The Labute approximate surface area is 147 Å². The normalized spacial score (nSPS) is 13.5. The van der Waals surface area contributed by atoms with Crippen LogP contribution in [0.2, 0.25) is 0 Å². The Kier molecular flexibility index (Phi) is 5.14. The van der Waals surface area contributed by atoms with Crippen LogP contribution in [-0.4, -0.2) is 5.78 Å². The van der Waals surface area contributed by atoms with E-state index < -0.39 is 0 Å². The number of ketones is 1. The largest absolute Gasteiger partial charge is 0.461 e. The van der Waals surface area contributed by atoms with E-state index in [2.05, 4.69) is 19.1 Å². The standard InChI is InChI=1S/C22H20O3/c1-16-5-3-6-19(12-9-16)24-21-7-4-8-22(15-21)25-20-13-10-18(11-14-20)17(2)23/h3-5,7-15H,6H2,1-2H3. The van der Waals surface area contributed by atoms with E-state index in [0.29, 0.717) is 17.1 Å². The summed E-state index contributed by atoms with van der Waals surface area (Å²) >= 11 is 0. The van der Waals surface area contributed by atoms with Crippen molar-refractivity contribution in [1.29, 1.82) is 0 Å². The summed E-state index contributed by atoms with van der Waals surface area (Å²) in [6, 6.07) is 14.6. The molecular weight excluding hydrogens is 312 g/mol. The number of hydrogen-bond acceptors (Lipinski definition) is 3. The van der Waals surface area contributed by atoms with Crippen molar-refractivity contribution in [1.82, 2.24) is 0 Å². The lowest BCUT2D eigenvalue weighted by Crippen LogP contribution is -1.94. The molecule has 1 aliphatic carbocycles. The first kappa shape index (κ1) is 16.8. The molecule has 2 aromatic carbocycles. The summed E-state index contributed by atoms with van der Waals surface area (Å²) in [5, 5.41) is 0. The quantitative estimate of drug-likeness (QED) is 0.644. The van der Waals surface area contributed by atoms with Gasteiger partial charge in [0.05, 0.1) is 0 Å². The number of Topliss-reactive ketones (excluding diaryl/α,β-unsaturated/α-hetero) is 1. The first-order chi connectivity index (χ1) is 12.1. The molecule has 0 unspecified atom stereocenters. The SMILES string of the molecule is CC(=O)c1ccc(Oc2cccc(OC3=CC=C(C)C=CC3)c2)cc1. The minimum absolute atomic E-state index is 0.0389. The van der Waals surface area contributed by atoms with Crippen LogP contribution < -0.4 is 9.47 Å². The van der Waals surface area contributed by atoms with Crippen LogP contribution in [0.3, 0.4) is 0 Å². The second-order valence-corrected chi connectivity index (χ2v) is 5.91. The summed E-state index contributed by atoms with van der Waals surface area (Å²) in [5.74, 6) is 3.01. The lowest BCUT2D eigenvalue weighted by atomic mass is 10.1. The van der Waals surface area contributed by atoms with Crippen LogP contribution >= 0.6 is 0 Å². The Morgan fingerprint density at radius 1 is 0.920 bits per heavy atom. The summed E-state index contributed by atoms with van der Waals surface area (Å²) < 4.78 is 11.8. The Morgan fingerprint density at radius 3 is 2.36 bits per heavy atom. The molecule has 25 heavy (non-hydrogen) atoms. The average molecular weight is 332 g/mol. The maximum Gasteiger partial charge on any atom is 0.159 e. The van der Waals surface area contributed by atoms with E-state index in [1.165, 1.54) is 5.57 Å². The van der Waals surface area contributed by atoms with Crippen molar-refractivity contribution >= 4 is 5.78 Å². The van der Waals surface area contributed by atoms with Gasteiger partial charge in [-0.3, -0.25) is 4.79 Å². The molecule has 0 atom stereocenters. The minimum Gasteiger partial charge on any atom is -0.461 e. The highest BCUT2D eigenvalue weighted by Crippen LogP contribution is 2.27. The van der Waals surface area contributed by atoms with Crippen molar-refractivity contribution in [2.45, 2.75) is 20.3 Å². The zero-order valence-electron chi connectivity index (χ0n) is 14.4. The van der Waals surface area contributed by atoms with Crippen molar-refractivity contribution in [3.63, 3.8) is 0 Å². The van der Waals surface area contributed by atoms with Crippen molar-refractivity contribution < 1.29 is 14.3 Å². The van der Waals surface area contributed by atoms with Gasteiger partial charge in [-0.2, -0.15) is 0 Å². The molecule has 1 aliphatic rings. The van der Waals surface area contributed by atoms with Gasteiger partial charge in [-0.15, -0.1) is 0 Å². The molecule has 0 aliphatic heterocycles. The van der Waals surface area contributed by atoms with E-state index in [1.54, 1.807) is 31.2 Å². The van der Waals surface area contributed by atoms with Gasteiger partial charge < -0.3 is 9.47 Å². The third kappa shape index (κ3) is 4.70. The molecule has 0 bridgehead atoms. The Morgan fingerprint density at radius 2 is 1.64 bits per heavy atom. The summed E-state index contributed by atoms with van der Waals surface area (Å²) in [6.45, 7) is 3.60. The second kappa shape index (κ2) is 7.67. The molecule has 0 saturated heterocycles. The topological polar surface area (TPSA) is 35.5 Å². The molecule has 3 rings (SSSR count). The fraction of sp³-hybridized carbons (Fsp3) is 0.136. The fourth-order valence-corrected chi connectivity index (χ4v) is 2.43. The van der Waals surface area contributed by atoms with Gasteiger partial charge in [0, 0.05) is 18.1 Å². The highest BCUT2D eigenvalue weighted by atomic mass is 16.5. The van der Waals surface area contributed by atoms with E-state index >= 15 is 0 Å². The van der Waals surface area contributed by atoms with Crippen LogP contribution in [0, 0.1) is 0 Å².